The van der Waals surface area contributed by atoms with Crippen LogP contribution in [0.3, 0.4) is 0 Å². The molecule has 0 spiro atoms. The molecule has 2 N–H and O–H groups in total. The van der Waals surface area contributed by atoms with E-state index >= 15 is 0 Å². The molecule has 1 aromatic carbocycles. The smallest absolute Gasteiger partial charge is 0.406 e. The molecule has 1 aliphatic carbocycles. The van der Waals surface area contributed by atoms with E-state index in [1.165, 1.54) is 54.0 Å². The third-order valence-electron chi connectivity index (χ3n) is 4.39. The van der Waals surface area contributed by atoms with Gasteiger partial charge in [-0.1, -0.05) is 11.6 Å². The van der Waals surface area contributed by atoms with Crippen LogP contribution in [0.5, 0.6) is 5.75 Å². The monoisotopic (exact) mass is 425 g/mol. The highest BCUT2D eigenvalue weighted by atomic mass is 32.1. The third-order valence-corrected chi connectivity index (χ3v) is 5.19. The van der Waals surface area contributed by atoms with E-state index in [1.54, 1.807) is 5.38 Å². The van der Waals surface area contributed by atoms with Gasteiger partial charge in [-0.3, -0.25) is 4.79 Å². The van der Waals surface area contributed by atoms with E-state index in [0.717, 1.165) is 19.3 Å². The van der Waals surface area contributed by atoms with Gasteiger partial charge < -0.3 is 15.4 Å². The Bertz CT molecular complexity index is 847. The van der Waals surface area contributed by atoms with Crippen LogP contribution in [0.2, 0.25) is 0 Å². The lowest BCUT2D eigenvalue weighted by atomic mass is 9.97. The molecular formula is C20H22F3N3O2S. The Kier molecular flexibility index (Phi) is 7.13. The Labute approximate surface area is 171 Å². The zero-order chi connectivity index (χ0) is 20.7. The van der Waals surface area contributed by atoms with Crippen molar-refractivity contribution in [3.05, 3.63) is 47.0 Å². The lowest BCUT2D eigenvalue weighted by Crippen LogP contribution is -2.26. The highest BCUT2D eigenvalue weighted by molar-refractivity contribution is 7.13. The van der Waals surface area contributed by atoms with Crippen LogP contribution in [0.15, 0.2) is 41.3 Å². The fourth-order valence-corrected chi connectivity index (χ4v) is 3.76. The standard InChI is InChI=1S/C20H22F3N3O2S/c21-20(22,23)28-17-8-6-15(7-9-17)25-19-26-16(13-29-19)12-18(27)24-11-10-14-4-2-1-3-5-14/h4,6-9,13H,1-3,5,10-12H2,(H,24,27)(H,25,26). The summed E-state index contributed by atoms with van der Waals surface area (Å²) in [5.41, 5.74) is 2.64. The van der Waals surface area contributed by atoms with Crippen molar-refractivity contribution in [2.75, 3.05) is 11.9 Å². The van der Waals surface area contributed by atoms with E-state index in [2.05, 4.69) is 26.4 Å². The molecule has 156 valence electrons. The average molecular weight is 425 g/mol. The van der Waals surface area contributed by atoms with Crippen LogP contribution in [-0.4, -0.2) is 23.8 Å². The first-order chi connectivity index (χ1) is 13.9. The van der Waals surface area contributed by atoms with Gasteiger partial charge in [0.1, 0.15) is 5.75 Å². The second kappa shape index (κ2) is 9.78. The molecule has 3 rings (SSSR count). The molecule has 29 heavy (non-hydrogen) atoms. The molecule has 0 radical (unpaired) electrons. The molecule has 1 aromatic heterocycles. The minimum atomic E-state index is -4.72. The summed E-state index contributed by atoms with van der Waals surface area (Å²) in [4.78, 5) is 16.4. The molecule has 5 nitrogen and oxygen atoms in total. The van der Waals surface area contributed by atoms with Crippen molar-refractivity contribution in [3.63, 3.8) is 0 Å². The summed E-state index contributed by atoms with van der Waals surface area (Å²) in [7, 11) is 0. The first-order valence-corrected chi connectivity index (χ1v) is 10.3. The number of amides is 1. The first-order valence-electron chi connectivity index (χ1n) is 9.39. The maximum Gasteiger partial charge on any atom is 0.573 e. The van der Waals surface area contributed by atoms with Crippen LogP contribution in [0.25, 0.3) is 0 Å². The summed E-state index contributed by atoms with van der Waals surface area (Å²) < 4.78 is 40.4. The summed E-state index contributed by atoms with van der Waals surface area (Å²) >= 11 is 1.32. The van der Waals surface area contributed by atoms with Crippen LogP contribution >= 0.6 is 11.3 Å². The van der Waals surface area contributed by atoms with Crippen LogP contribution in [0.1, 0.15) is 37.8 Å². The second-order valence-electron chi connectivity index (χ2n) is 6.73. The highest BCUT2D eigenvalue weighted by Gasteiger charge is 2.30. The first kappa shape index (κ1) is 21.2. The molecule has 2 aromatic rings. The second-order valence-corrected chi connectivity index (χ2v) is 7.58. The van der Waals surface area contributed by atoms with Gasteiger partial charge in [-0.05, 0) is 56.4 Å². The van der Waals surface area contributed by atoms with E-state index in [0.29, 0.717) is 23.1 Å². The molecule has 0 saturated carbocycles. The lowest BCUT2D eigenvalue weighted by Gasteiger charge is -2.12. The maximum absolute atomic E-state index is 12.2. The molecule has 0 bridgehead atoms. The van der Waals surface area contributed by atoms with Gasteiger partial charge in [-0.25, -0.2) is 4.98 Å². The van der Waals surface area contributed by atoms with Crippen molar-refractivity contribution in [3.8, 4) is 5.75 Å². The Balaban J connectivity index is 1.44. The molecule has 0 unspecified atom stereocenters. The number of allylic oxidation sites excluding steroid dienone is 1. The summed E-state index contributed by atoms with van der Waals surface area (Å²) in [6, 6.07) is 5.38. The number of ether oxygens (including phenoxy) is 1. The molecule has 0 aliphatic heterocycles. The maximum atomic E-state index is 12.2. The zero-order valence-electron chi connectivity index (χ0n) is 15.7. The predicted molar refractivity (Wildman–Crippen MR) is 106 cm³/mol. The molecule has 1 aliphatic rings. The van der Waals surface area contributed by atoms with Gasteiger partial charge >= 0.3 is 6.36 Å². The van der Waals surface area contributed by atoms with Crippen molar-refractivity contribution in [1.29, 1.82) is 0 Å². The van der Waals surface area contributed by atoms with Gasteiger partial charge in [0.05, 0.1) is 12.1 Å². The van der Waals surface area contributed by atoms with Gasteiger partial charge in [-0.2, -0.15) is 0 Å². The number of aromatic nitrogens is 1. The number of anilines is 2. The minimum Gasteiger partial charge on any atom is -0.406 e. The fraction of sp³-hybridized carbons (Fsp3) is 0.400. The average Bonchev–Trinajstić information content (AvgIpc) is 3.10. The van der Waals surface area contributed by atoms with E-state index in [4.69, 9.17) is 0 Å². The van der Waals surface area contributed by atoms with Gasteiger partial charge in [0, 0.05) is 17.6 Å². The van der Waals surface area contributed by atoms with E-state index < -0.39 is 6.36 Å². The van der Waals surface area contributed by atoms with E-state index in [1.807, 2.05) is 0 Å². The number of alkyl halides is 3. The number of rotatable bonds is 8. The number of halogens is 3. The van der Waals surface area contributed by atoms with Gasteiger partial charge in [0.2, 0.25) is 5.91 Å². The fourth-order valence-electron chi connectivity index (χ4n) is 3.03. The number of benzene rings is 1. The molecule has 0 saturated heterocycles. The minimum absolute atomic E-state index is 0.0769. The van der Waals surface area contributed by atoms with Crippen LogP contribution in [0, 0.1) is 0 Å². The van der Waals surface area contributed by atoms with Gasteiger partial charge in [0.25, 0.3) is 0 Å². The van der Waals surface area contributed by atoms with Crippen molar-refractivity contribution in [2.24, 2.45) is 0 Å². The van der Waals surface area contributed by atoms with Crippen LogP contribution < -0.4 is 15.4 Å². The van der Waals surface area contributed by atoms with Gasteiger partial charge in [0.15, 0.2) is 5.13 Å². The van der Waals surface area contributed by atoms with E-state index in [-0.39, 0.29) is 18.1 Å². The molecule has 1 heterocycles. The number of hydrogen-bond donors (Lipinski definition) is 2. The summed E-state index contributed by atoms with van der Waals surface area (Å²) in [6.45, 7) is 0.631. The van der Waals surface area contributed by atoms with Crippen LogP contribution in [-0.2, 0) is 11.2 Å². The normalized spacial score (nSPS) is 14.2. The number of carbonyl (C=O) groups is 1. The topological polar surface area (TPSA) is 63.2 Å². The Morgan fingerprint density at radius 2 is 2.00 bits per heavy atom. The summed E-state index contributed by atoms with van der Waals surface area (Å²) in [6.07, 6.45) is 3.38. The summed E-state index contributed by atoms with van der Waals surface area (Å²) in [5, 5.41) is 8.27. The number of hydrogen-bond acceptors (Lipinski definition) is 5. The Morgan fingerprint density at radius 1 is 1.21 bits per heavy atom. The molecule has 1 amide bonds. The molecular weight excluding hydrogens is 403 g/mol. The molecule has 0 atom stereocenters. The number of nitrogens with zero attached hydrogens (tertiary/aromatic N) is 1. The highest BCUT2D eigenvalue weighted by Crippen LogP contribution is 2.26. The van der Waals surface area contributed by atoms with Crippen molar-refractivity contribution in [2.45, 2.75) is 44.9 Å². The Morgan fingerprint density at radius 3 is 2.69 bits per heavy atom. The SMILES string of the molecule is O=C(Cc1csc(Nc2ccc(OC(F)(F)F)cc2)n1)NCCC1=CCCCC1. The van der Waals surface area contributed by atoms with E-state index in [9.17, 15) is 18.0 Å². The molecule has 0 fully saturated rings. The van der Waals surface area contributed by atoms with Crippen molar-refractivity contribution < 1.29 is 22.7 Å². The van der Waals surface area contributed by atoms with Crippen molar-refractivity contribution >= 4 is 28.1 Å². The van der Waals surface area contributed by atoms with Crippen molar-refractivity contribution in [1.82, 2.24) is 10.3 Å². The Hall–Kier alpha value is -2.55. The lowest BCUT2D eigenvalue weighted by molar-refractivity contribution is -0.274. The number of nitrogens with one attached hydrogen (secondary N) is 2. The van der Waals surface area contributed by atoms with Gasteiger partial charge in [-0.15, -0.1) is 24.5 Å². The zero-order valence-corrected chi connectivity index (χ0v) is 16.5. The third kappa shape index (κ3) is 7.41. The predicted octanol–water partition coefficient (Wildman–Crippen LogP) is 5.33. The quantitative estimate of drug-likeness (QED) is 0.561. The molecule has 9 heteroatoms. The summed E-state index contributed by atoms with van der Waals surface area (Å²) in [5.74, 6) is -0.365. The number of thiazole rings is 1. The van der Waals surface area contributed by atoms with Crippen LogP contribution in [0.4, 0.5) is 24.0 Å². The number of carbonyl (C=O) groups excluding carboxylic acids is 1. The largest absolute Gasteiger partial charge is 0.573 e.